The maximum atomic E-state index is 10.5. The van der Waals surface area contributed by atoms with E-state index in [-0.39, 0.29) is 17.9 Å². The fraction of sp³-hybridized carbons (Fsp3) is 0.571. The Bertz CT molecular complexity index is 439. The monoisotopic (exact) mass is 281 g/mol. The number of non-ortho nitro benzene ring substituents is 1. The number of hydrogen-bond acceptors (Lipinski definition) is 4. The number of rotatable bonds is 5. The third kappa shape index (κ3) is 4.18. The second-order valence-electron chi connectivity index (χ2n) is 5.27. The molecule has 2 rings (SSSR count). The van der Waals surface area contributed by atoms with Crippen LogP contribution in [0.5, 0.6) is 5.75 Å². The van der Waals surface area contributed by atoms with Crippen LogP contribution in [0, 0.1) is 10.1 Å². The highest BCUT2D eigenvalue weighted by Gasteiger charge is 2.25. The molecular weight excluding hydrogens is 260 g/mol. The number of nitrogens with zero attached hydrogens (tertiary/aromatic N) is 1. The van der Waals surface area contributed by atoms with Crippen molar-refractivity contribution in [3.05, 3.63) is 34.4 Å². The number of nitro groups is 1. The molecule has 20 heavy (non-hydrogen) atoms. The summed E-state index contributed by atoms with van der Waals surface area (Å²) in [6, 6.07) is 6.19. The number of benzene rings is 1. The zero-order valence-electron chi connectivity index (χ0n) is 11.9. The summed E-state index contributed by atoms with van der Waals surface area (Å²) in [6.07, 6.45) is 0.571. The summed E-state index contributed by atoms with van der Waals surface area (Å²) in [6.45, 7) is 7.68. The molecule has 1 heterocycles. The molecule has 0 unspecified atom stereocenters. The lowest BCUT2D eigenvalue weighted by Gasteiger charge is -2.32. The van der Waals surface area contributed by atoms with Gasteiger partial charge in [0.25, 0.3) is 5.69 Å². The van der Waals surface area contributed by atoms with Crippen LogP contribution in [0.15, 0.2) is 24.3 Å². The maximum Gasteiger partial charge on any atom is 0.269 e. The normalized spacial score (nSPS) is 26.2. The van der Waals surface area contributed by atoms with E-state index in [4.69, 9.17) is 9.47 Å². The van der Waals surface area contributed by atoms with Crippen molar-refractivity contribution in [1.29, 1.82) is 0 Å². The van der Waals surface area contributed by atoms with Crippen molar-refractivity contribution in [2.45, 2.75) is 26.1 Å². The Labute approximate surface area is 118 Å². The molecule has 0 amide bonds. The fourth-order valence-electron chi connectivity index (χ4n) is 2.57. The highest BCUT2D eigenvalue weighted by molar-refractivity contribution is 5.35. The first-order chi connectivity index (χ1) is 9.54. The van der Waals surface area contributed by atoms with Gasteiger partial charge in [0, 0.05) is 12.1 Å². The molecule has 1 aromatic carbocycles. The number of nitrogens with one attached hydrogen (secondary N) is 1. The van der Waals surface area contributed by atoms with Gasteiger partial charge in [0.2, 0.25) is 0 Å². The first-order valence-electron chi connectivity index (χ1n) is 6.91. The third-order valence-electron chi connectivity index (χ3n) is 3.39. The lowest BCUT2D eigenvalue weighted by atomic mass is 10.2. The van der Waals surface area contributed by atoms with Gasteiger partial charge in [-0.15, -0.1) is 0 Å². The summed E-state index contributed by atoms with van der Waals surface area (Å²) in [4.78, 5) is 11.6. The Hall–Kier alpha value is -1.66. The molecular formula is C14H21N2O4+. The van der Waals surface area contributed by atoms with Gasteiger partial charge in [0.1, 0.15) is 44.2 Å². The summed E-state index contributed by atoms with van der Waals surface area (Å²) >= 11 is 0. The van der Waals surface area contributed by atoms with Crippen molar-refractivity contribution < 1.29 is 19.3 Å². The molecule has 0 aromatic heterocycles. The van der Waals surface area contributed by atoms with Crippen molar-refractivity contribution >= 4 is 5.69 Å². The van der Waals surface area contributed by atoms with Gasteiger partial charge in [-0.05, 0) is 26.0 Å². The average Bonchev–Trinajstić information content (AvgIpc) is 2.38. The van der Waals surface area contributed by atoms with E-state index >= 15 is 0 Å². The quantitative estimate of drug-likeness (QED) is 0.636. The smallest absolute Gasteiger partial charge is 0.269 e. The van der Waals surface area contributed by atoms with Crippen molar-refractivity contribution in [2.24, 2.45) is 0 Å². The summed E-state index contributed by atoms with van der Waals surface area (Å²) in [7, 11) is 0. The van der Waals surface area contributed by atoms with E-state index in [1.807, 2.05) is 0 Å². The van der Waals surface area contributed by atoms with E-state index in [1.165, 1.54) is 17.0 Å². The fourth-order valence-corrected chi connectivity index (χ4v) is 2.57. The second-order valence-corrected chi connectivity index (χ2v) is 5.27. The zero-order valence-corrected chi connectivity index (χ0v) is 11.9. The number of hydrogen-bond donors (Lipinski definition) is 1. The Morgan fingerprint density at radius 3 is 2.45 bits per heavy atom. The molecule has 110 valence electrons. The first kappa shape index (κ1) is 14.7. The minimum Gasteiger partial charge on any atom is -0.488 e. The average molecular weight is 281 g/mol. The molecule has 1 aliphatic rings. The van der Waals surface area contributed by atoms with E-state index in [9.17, 15) is 10.1 Å². The molecule has 1 N–H and O–H groups in total. The van der Waals surface area contributed by atoms with E-state index in [0.717, 1.165) is 19.6 Å². The van der Waals surface area contributed by atoms with Crippen LogP contribution in [0.3, 0.4) is 0 Å². The highest BCUT2D eigenvalue weighted by atomic mass is 16.6. The van der Waals surface area contributed by atoms with Gasteiger partial charge in [-0.3, -0.25) is 10.1 Å². The van der Waals surface area contributed by atoms with Crippen LogP contribution in [0.1, 0.15) is 13.8 Å². The van der Waals surface area contributed by atoms with E-state index in [2.05, 4.69) is 13.8 Å². The van der Waals surface area contributed by atoms with Gasteiger partial charge in [-0.1, -0.05) is 0 Å². The Morgan fingerprint density at radius 1 is 1.30 bits per heavy atom. The molecule has 6 heteroatoms. The number of morpholine rings is 1. The van der Waals surface area contributed by atoms with Gasteiger partial charge in [0.15, 0.2) is 0 Å². The van der Waals surface area contributed by atoms with Crippen LogP contribution in [-0.2, 0) is 4.74 Å². The van der Waals surface area contributed by atoms with Crippen LogP contribution >= 0.6 is 0 Å². The van der Waals surface area contributed by atoms with Crippen molar-refractivity contribution in [3.8, 4) is 5.75 Å². The highest BCUT2D eigenvalue weighted by Crippen LogP contribution is 2.16. The van der Waals surface area contributed by atoms with Gasteiger partial charge in [0.05, 0.1) is 4.92 Å². The molecule has 1 saturated heterocycles. The van der Waals surface area contributed by atoms with Crippen LogP contribution in [-0.4, -0.2) is 43.4 Å². The Balaban J connectivity index is 1.76. The maximum absolute atomic E-state index is 10.5. The van der Waals surface area contributed by atoms with Crippen molar-refractivity contribution in [1.82, 2.24) is 0 Å². The number of quaternary nitrogens is 1. The minimum absolute atomic E-state index is 0.0822. The Kier molecular flexibility index (Phi) is 4.92. The molecule has 0 spiro atoms. The van der Waals surface area contributed by atoms with Crippen LogP contribution < -0.4 is 9.64 Å². The summed E-state index contributed by atoms with van der Waals surface area (Å²) in [5.41, 5.74) is 0.0822. The SMILES string of the molecule is C[C@H]1C[NH+](CCOc2ccc([N+](=O)[O-])cc2)C[C@H](C)O1. The number of nitro benzene ring substituents is 1. The predicted molar refractivity (Wildman–Crippen MR) is 74.2 cm³/mol. The molecule has 2 atom stereocenters. The molecule has 1 aromatic rings. The largest absolute Gasteiger partial charge is 0.488 e. The molecule has 1 aliphatic heterocycles. The summed E-state index contributed by atoms with van der Waals surface area (Å²) in [5, 5.41) is 10.5. The topological polar surface area (TPSA) is 66.0 Å². The lowest BCUT2D eigenvalue weighted by molar-refractivity contribution is -0.915. The second kappa shape index (κ2) is 6.67. The van der Waals surface area contributed by atoms with Crippen LogP contribution in [0.4, 0.5) is 5.69 Å². The number of ether oxygens (including phenoxy) is 2. The Morgan fingerprint density at radius 2 is 1.90 bits per heavy atom. The first-order valence-corrected chi connectivity index (χ1v) is 6.91. The van der Waals surface area contributed by atoms with Crippen LogP contribution in [0.25, 0.3) is 0 Å². The zero-order chi connectivity index (χ0) is 14.5. The molecule has 6 nitrogen and oxygen atoms in total. The lowest BCUT2D eigenvalue weighted by Crippen LogP contribution is -3.16. The van der Waals surface area contributed by atoms with E-state index in [0.29, 0.717) is 12.4 Å². The molecule has 0 aliphatic carbocycles. The van der Waals surface area contributed by atoms with Crippen molar-refractivity contribution in [3.63, 3.8) is 0 Å². The molecule has 0 saturated carbocycles. The predicted octanol–water partition coefficient (Wildman–Crippen LogP) is 0.666. The molecule has 1 fully saturated rings. The minimum atomic E-state index is -0.412. The third-order valence-corrected chi connectivity index (χ3v) is 3.39. The summed E-state index contributed by atoms with van der Waals surface area (Å²) < 4.78 is 11.3. The molecule has 0 bridgehead atoms. The van der Waals surface area contributed by atoms with Gasteiger partial charge >= 0.3 is 0 Å². The van der Waals surface area contributed by atoms with E-state index in [1.54, 1.807) is 12.1 Å². The summed E-state index contributed by atoms with van der Waals surface area (Å²) in [5.74, 6) is 0.671. The standard InChI is InChI=1S/C14H20N2O4/c1-11-9-15(10-12(2)20-11)7-8-19-14-5-3-13(4-6-14)16(17)18/h3-6,11-12H,7-10H2,1-2H3/p+1/t11-,12-/m0/s1. The van der Waals surface area contributed by atoms with E-state index < -0.39 is 4.92 Å². The van der Waals surface area contributed by atoms with Gasteiger partial charge < -0.3 is 14.4 Å². The molecule has 0 radical (unpaired) electrons. The van der Waals surface area contributed by atoms with Crippen LogP contribution in [0.2, 0.25) is 0 Å². The van der Waals surface area contributed by atoms with Gasteiger partial charge in [-0.2, -0.15) is 0 Å². The van der Waals surface area contributed by atoms with Crippen molar-refractivity contribution in [2.75, 3.05) is 26.2 Å². The van der Waals surface area contributed by atoms with Gasteiger partial charge in [-0.25, -0.2) is 0 Å².